The Morgan fingerprint density at radius 1 is 1.04 bits per heavy atom. The molecule has 3 rings (SSSR count). The van der Waals surface area contributed by atoms with Crippen LogP contribution in [0.3, 0.4) is 0 Å². The summed E-state index contributed by atoms with van der Waals surface area (Å²) in [6.07, 6.45) is 3.90. The molecule has 1 amide bonds. The van der Waals surface area contributed by atoms with Crippen LogP contribution in [0.4, 0.5) is 0 Å². The van der Waals surface area contributed by atoms with Gasteiger partial charge in [0.05, 0.1) is 17.9 Å². The van der Waals surface area contributed by atoms with E-state index in [1.54, 1.807) is 17.0 Å². The zero-order valence-corrected chi connectivity index (χ0v) is 17.3. The number of carbonyl (C=O) groups excluding carboxylic acids is 2. The van der Waals surface area contributed by atoms with Crippen molar-refractivity contribution in [1.82, 2.24) is 9.21 Å². The fraction of sp³-hybridized carbons (Fsp3) is 0.600. The van der Waals surface area contributed by atoms with Crippen molar-refractivity contribution in [2.45, 2.75) is 43.9 Å². The summed E-state index contributed by atoms with van der Waals surface area (Å²) in [5.41, 5.74) is 1.16. The summed E-state index contributed by atoms with van der Waals surface area (Å²) in [5.74, 6) is -0.602. The highest BCUT2D eigenvalue weighted by Crippen LogP contribution is 2.25. The topological polar surface area (TPSA) is 84.0 Å². The number of amides is 1. The van der Waals surface area contributed by atoms with Crippen LogP contribution in [-0.2, 0) is 19.6 Å². The first-order valence-electron chi connectivity index (χ1n) is 9.82. The fourth-order valence-corrected chi connectivity index (χ4v) is 5.45. The second-order valence-corrected chi connectivity index (χ2v) is 9.47. The number of esters is 1. The minimum Gasteiger partial charge on any atom is -0.469 e. The largest absolute Gasteiger partial charge is 0.469 e. The molecule has 2 aliphatic rings. The number of nitrogens with zero attached hydrogens (tertiary/aromatic N) is 2. The zero-order valence-electron chi connectivity index (χ0n) is 16.5. The van der Waals surface area contributed by atoms with E-state index < -0.39 is 10.0 Å². The number of hydrogen-bond donors (Lipinski definition) is 0. The molecule has 0 unspecified atom stereocenters. The van der Waals surface area contributed by atoms with Crippen molar-refractivity contribution in [1.29, 1.82) is 0 Å². The number of likely N-dealkylation sites (tertiary alicyclic amines) is 1. The molecular weight excluding hydrogens is 380 g/mol. The van der Waals surface area contributed by atoms with Gasteiger partial charge in [0.15, 0.2) is 0 Å². The Hall–Kier alpha value is -1.93. The Morgan fingerprint density at radius 3 is 2.29 bits per heavy atom. The van der Waals surface area contributed by atoms with Crippen LogP contribution in [0.15, 0.2) is 23.1 Å². The molecule has 2 fully saturated rings. The molecule has 154 valence electrons. The van der Waals surface area contributed by atoms with E-state index in [-0.39, 0.29) is 22.7 Å². The lowest BCUT2D eigenvalue weighted by molar-refractivity contribution is -0.146. The van der Waals surface area contributed by atoms with Crippen LogP contribution in [-0.4, -0.2) is 62.8 Å². The number of piperidine rings is 2. The van der Waals surface area contributed by atoms with Gasteiger partial charge in [-0.1, -0.05) is 12.5 Å². The molecule has 7 nitrogen and oxygen atoms in total. The van der Waals surface area contributed by atoms with Crippen molar-refractivity contribution in [3.63, 3.8) is 0 Å². The average Bonchev–Trinajstić information content (AvgIpc) is 2.73. The maximum Gasteiger partial charge on any atom is 0.308 e. The van der Waals surface area contributed by atoms with Crippen molar-refractivity contribution in [2.75, 3.05) is 33.3 Å². The van der Waals surface area contributed by atoms with Gasteiger partial charge in [-0.2, -0.15) is 4.31 Å². The van der Waals surface area contributed by atoms with Crippen LogP contribution in [0.25, 0.3) is 0 Å². The highest BCUT2D eigenvalue weighted by molar-refractivity contribution is 7.89. The Bertz CT molecular complexity index is 838. The van der Waals surface area contributed by atoms with E-state index in [2.05, 4.69) is 0 Å². The molecule has 1 aromatic rings. The lowest BCUT2D eigenvalue weighted by Gasteiger charge is -2.31. The quantitative estimate of drug-likeness (QED) is 0.713. The third-order valence-corrected chi connectivity index (χ3v) is 7.60. The van der Waals surface area contributed by atoms with Gasteiger partial charge >= 0.3 is 5.97 Å². The molecule has 0 aromatic heterocycles. The monoisotopic (exact) mass is 408 g/mol. The highest BCUT2D eigenvalue weighted by Gasteiger charge is 2.31. The number of hydrogen-bond acceptors (Lipinski definition) is 5. The summed E-state index contributed by atoms with van der Waals surface area (Å²) in [6.45, 7) is 3.79. The van der Waals surface area contributed by atoms with Crippen LogP contribution in [0.1, 0.15) is 48.0 Å². The van der Waals surface area contributed by atoms with Crippen molar-refractivity contribution in [3.8, 4) is 0 Å². The molecule has 1 aromatic carbocycles. The Labute approximate surface area is 166 Å². The van der Waals surface area contributed by atoms with Crippen LogP contribution in [0.2, 0.25) is 0 Å². The Balaban J connectivity index is 1.78. The molecule has 0 N–H and O–H groups in total. The molecule has 2 aliphatic heterocycles. The van der Waals surface area contributed by atoms with Crippen LogP contribution >= 0.6 is 0 Å². The molecule has 0 saturated carbocycles. The maximum atomic E-state index is 13.0. The lowest BCUT2D eigenvalue weighted by atomic mass is 9.96. The molecule has 0 spiro atoms. The number of sulfonamides is 1. The van der Waals surface area contributed by atoms with E-state index in [0.717, 1.165) is 24.8 Å². The van der Waals surface area contributed by atoms with Crippen molar-refractivity contribution in [2.24, 2.45) is 5.92 Å². The summed E-state index contributed by atoms with van der Waals surface area (Å²) >= 11 is 0. The maximum absolute atomic E-state index is 13.0. The average molecular weight is 409 g/mol. The molecule has 0 bridgehead atoms. The normalized spacial score (nSPS) is 19.4. The standard InChI is InChI=1S/C20H28N2O5S/c1-15-6-7-17(28(25,26)22-10-4-3-5-11-22)14-18(15)19(23)21-12-8-16(9-13-21)20(24)27-2/h6-7,14,16H,3-5,8-13H2,1-2H3. The van der Waals surface area contributed by atoms with E-state index in [1.165, 1.54) is 17.5 Å². The van der Waals surface area contributed by atoms with Crippen molar-refractivity contribution >= 4 is 21.9 Å². The van der Waals surface area contributed by atoms with Gasteiger partial charge in [-0.15, -0.1) is 0 Å². The van der Waals surface area contributed by atoms with Gasteiger partial charge in [-0.25, -0.2) is 8.42 Å². The van der Waals surface area contributed by atoms with E-state index in [9.17, 15) is 18.0 Å². The van der Waals surface area contributed by atoms with Gasteiger partial charge in [-0.3, -0.25) is 9.59 Å². The van der Waals surface area contributed by atoms with Crippen LogP contribution in [0, 0.1) is 12.8 Å². The fourth-order valence-electron chi connectivity index (χ4n) is 3.90. The summed E-state index contributed by atoms with van der Waals surface area (Å²) < 4.78 is 32.2. The number of rotatable bonds is 4. The summed E-state index contributed by atoms with van der Waals surface area (Å²) in [6, 6.07) is 4.79. The Morgan fingerprint density at radius 2 is 1.68 bits per heavy atom. The molecule has 8 heteroatoms. The minimum absolute atomic E-state index is 0.174. The van der Waals surface area contributed by atoms with E-state index >= 15 is 0 Å². The first-order valence-corrected chi connectivity index (χ1v) is 11.3. The molecule has 28 heavy (non-hydrogen) atoms. The molecule has 2 saturated heterocycles. The van der Waals surface area contributed by atoms with Gasteiger partial charge < -0.3 is 9.64 Å². The van der Waals surface area contributed by atoms with Gasteiger partial charge in [0.1, 0.15) is 0 Å². The van der Waals surface area contributed by atoms with E-state index in [1.807, 2.05) is 6.92 Å². The van der Waals surface area contributed by atoms with E-state index in [0.29, 0.717) is 44.6 Å². The predicted molar refractivity (Wildman–Crippen MR) is 104 cm³/mol. The third-order valence-electron chi connectivity index (χ3n) is 5.71. The summed E-state index contributed by atoms with van der Waals surface area (Å²) in [4.78, 5) is 26.6. The number of ether oxygens (including phenoxy) is 1. The number of methoxy groups -OCH3 is 1. The smallest absolute Gasteiger partial charge is 0.308 e. The molecule has 0 atom stereocenters. The van der Waals surface area contributed by atoms with Crippen molar-refractivity contribution in [3.05, 3.63) is 29.3 Å². The van der Waals surface area contributed by atoms with Gasteiger partial charge in [0.25, 0.3) is 5.91 Å². The van der Waals surface area contributed by atoms with Crippen LogP contribution in [0.5, 0.6) is 0 Å². The first-order chi connectivity index (χ1) is 13.3. The summed E-state index contributed by atoms with van der Waals surface area (Å²) in [5, 5.41) is 0. The molecule has 0 radical (unpaired) electrons. The summed E-state index contributed by atoms with van der Waals surface area (Å²) in [7, 11) is -2.22. The second-order valence-electron chi connectivity index (χ2n) is 7.53. The van der Waals surface area contributed by atoms with E-state index in [4.69, 9.17) is 4.74 Å². The van der Waals surface area contributed by atoms with Crippen molar-refractivity contribution < 1.29 is 22.7 Å². The Kier molecular flexibility index (Phi) is 6.40. The van der Waals surface area contributed by atoms with Gasteiger partial charge in [0.2, 0.25) is 10.0 Å². The molecular formula is C20H28N2O5S. The third kappa shape index (κ3) is 4.22. The van der Waals surface area contributed by atoms with Crippen LogP contribution < -0.4 is 0 Å². The number of benzene rings is 1. The first kappa shape index (κ1) is 20.8. The SMILES string of the molecule is COC(=O)C1CCN(C(=O)c2cc(S(=O)(=O)N3CCCCC3)ccc2C)CC1. The second kappa shape index (κ2) is 8.61. The molecule has 0 aliphatic carbocycles. The number of aryl methyl sites for hydroxylation is 1. The predicted octanol–water partition coefficient (Wildman–Crippen LogP) is 2.19. The lowest BCUT2D eigenvalue weighted by Crippen LogP contribution is -2.41. The molecule has 2 heterocycles. The minimum atomic E-state index is -3.59. The van der Waals surface area contributed by atoms with Gasteiger partial charge in [-0.05, 0) is 50.3 Å². The number of carbonyl (C=O) groups is 2. The zero-order chi connectivity index (χ0) is 20.3. The highest BCUT2D eigenvalue weighted by atomic mass is 32.2. The van der Waals surface area contributed by atoms with Gasteiger partial charge in [0, 0.05) is 31.7 Å².